The van der Waals surface area contributed by atoms with Crippen LogP contribution in [0.25, 0.3) is 10.2 Å². The summed E-state index contributed by atoms with van der Waals surface area (Å²) in [5, 5.41) is 3.10. The molecule has 0 aliphatic carbocycles. The average Bonchev–Trinajstić information content (AvgIpc) is 3.01. The topological polar surface area (TPSA) is 77.5 Å². The monoisotopic (exact) mass is 342 g/mol. The normalized spacial score (nSPS) is 10.4. The van der Waals surface area contributed by atoms with Crippen LogP contribution in [0.3, 0.4) is 0 Å². The van der Waals surface area contributed by atoms with Crippen molar-refractivity contribution in [2.24, 2.45) is 0 Å². The Balaban J connectivity index is 1.57. The fraction of sp³-hybridized carbons (Fsp3) is 0.118. The number of rotatable bonds is 5. The lowest BCUT2D eigenvalue weighted by atomic mass is 10.2. The Hall–Kier alpha value is -2.93. The molecule has 6 nitrogen and oxygen atoms in total. The Kier molecular flexibility index (Phi) is 4.72. The Bertz CT molecular complexity index is 858. The van der Waals surface area contributed by atoms with Crippen molar-refractivity contribution in [3.63, 3.8) is 0 Å². The molecule has 0 fully saturated rings. The van der Waals surface area contributed by atoms with Gasteiger partial charge in [-0.25, -0.2) is 9.78 Å². The van der Waals surface area contributed by atoms with Crippen LogP contribution in [0.5, 0.6) is 5.75 Å². The number of fused-ring (bicyclic) bond motifs is 1. The number of hydrogen-bond donors (Lipinski definition) is 1. The summed E-state index contributed by atoms with van der Waals surface area (Å²) in [6.45, 7) is -0.383. The number of amides is 1. The molecule has 0 radical (unpaired) electrons. The highest BCUT2D eigenvalue weighted by Gasteiger charge is 2.12. The van der Waals surface area contributed by atoms with Crippen LogP contribution >= 0.6 is 11.3 Å². The minimum Gasteiger partial charge on any atom is -0.497 e. The SMILES string of the molecule is COc1cccc(C(=O)OCC(=O)Nc2nc3ccccc3s2)c1. The van der Waals surface area contributed by atoms with Gasteiger partial charge in [0.25, 0.3) is 5.91 Å². The third-order valence-electron chi connectivity index (χ3n) is 3.18. The Morgan fingerprint density at radius 3 is 2.79 bits per heavy atom. The molecular weight excluding hydrogens is 328 g/mol. The van der Waals surface area contributed by atoms with Gasteiger partial charge < -0.3 is 9.47 Å². The van der Waals surface area contributed by atoms with Crippen LogP contribution in [0.2, 0.25) is 0 Å². The van der Waals surface area contributed by atoms with E-state index in [4.69, 9.17) is 9.47 Å². The molecule has 1 aromatic heterocycles. The number of methoxy groups -OCH3 is 1. The van der Waals surface area contributed by atoms with E-state index in [1.165, 1.54) is 18.4 Å². The first kappa shape index (κ1) is 15.9. The zero-order valence-corrected chi connectivity index (χ0v) is 13.6. The summed E-state index contributed by atoms with van der Waals surface area (Å²) >= 11 is 1.36. The van der Waals surface area contributed by atoms with Gasteiger partial charge in [0.05, 0.1) is 22.9 Å². The zero-order valence-electron chi connectivity index (χ0n) is 12.8. The third-order valence-corrected chi connectivity index (χ3v) is 4.13. The van der Waals surface area contributed by atoms with Crippen molar-refractivity contribution in [2.45, 2.75) is 0 Å². The van der Waals surface area contributed by atoms with Crippen LogP contribution in [0.15, 0.2) is 48.5 Å². The van der Waals surface area contributed by atoms with Crippen molar-refractivity contribution in [2.75, 3.05) is 19.0 Å². The minimum atomic E-state index is -0.589. The summed E-state index contributed by atoms with van der Waals surface area (Å²) in [6.07, 6.45) is 0. The first-order chi connectivity index (χ1) is 11.7. The Morgan fingerprint density at radius 2 is 2.00 bits per heavy atom. The molecular formula is C17H14N2O4S. The molecule has 3 rings (SSSR count). The quantitative estimate of drug-likeness (QED) is 0.721. The number of nitrogens with zero attached hydrogens (tertiary/aromatic N) is 1. The number of ether oxygens (including phenoxy) is 2. The van der Waals surface area contributed by atoms with E-state index in [2.05, 4.69) is 10.3 Å². The van der Waals surface area contributed by atoms with Crippen molar-refractivity contribution in [3.8, 4) is 5.75 Å². The molecule has 1 heterocycles. The highest BCUT2D eigenvalue weighted by atomic mass is 32.1. The number of thiazole rings is 1. The molecule has 1 N–H and O–H groups in total. The minimum absolute atomic E-state index is 0.321. The van der Waals surface area contributed by atoms with Gasteiger partial charge in [-0.1, -0.05) is 29.5 Å². The molecule has 122 valence electrons. The molecule has 0 unspecified atom stereocenters. The maximum absolute atomic E-state index is 11.9. The van der Waals surface area contributed by atoms with Crippen LogP contribution < -0.4 is 10.1 Å². The molecule has 0 aliphatic rings. The lowest BCUT2D eigenvalue weighted by Gasteiger charge is -2.06. The molecule has 0 atom stereocenters. The second kappa shape index (κ2) is 7.10. The first-order valence-electron chi connectivity index (χ1n) is 7.12. The fourth-order valence-electron chi connectivity index (χ4n) is 2.05. The Labute approximate surface area is 142 Å². The predicted molar refractivity (Wildman–Crippen MR) is 91.5 cm³/mol. The first-order valence-corrected chi connectivity index (χ1v) is 7.94. The molecule has 3 aromatic rings. The summed E-state index contributed by atoms with van der Waals surface area (Å²) in [6, 6.07) is 14.1. The van der Waals surface area contributed by atoms with E-state index in [0.717, 1.165) is 10.2 Å². The number of nitrogens with one attached hydrogen (secondary N) is 1. The molecule has 7 heteroatoms. The van der Waals surface area contributed by atoms with E-state index in [1.807, 2.05) is 24.3 Å². The molecule has 1 amide bonds. The van der Waals surface area contributed by atoms with Crippen LogP contribution in [0, 0.1) is 0 Å². The van der Waals surface area contributed by atoms with Gasteiger partial charge >= 0.3 is 5.97 Å². The summed E-state index contributed by atoms with van der Waals surface area (Å²) in [5.74, 6) is -0.484. The van der Waals surface area contributed by atoms with Crippen molar-refractivity contribution in [1.29, 1.82) is 0 Å². The summed E-state index contributed by atoms with van der Waals surface area (Å²) in [4.78, 5) is 28.1. The van der Waals surface area contributed by atoms with Gasteiger partial charge in [-0.2, -0.15) is 0 Å². The molecule has 0 saturated heterocycles. The number of hydrogen-bond acceptors (Lipinski definition) is 6. The van der Waals surface area contributed by atoms with Gasteiger partial charge in [0.1, 0.15) is 5.75 Å². The van der Waals surface area contributed by atoms with Gasteiger partial charge in [-0.05, 0) is 30.3 Å². The molecule has 0 spiro atoms. The van der Waals surface area contributed by atoms with Crippen molar-refractivity contribution >= 4 is 38.6 Å². The van der Waals surface area contributed by atoms with Crippen molar-refractivity contribution in [3.05, 3.63) is 54.1 Å². The van der Waals surface area contributed by atoms with Crippen molar-refractivity contribution in [1.82, 2.24) is 4.98 Å². The van der Waals surface area contributed by atoms with Gasteiger partial charge in [0.2, 0.25) is 0 Å². The highest BCUT2D eigenvalue weighted by Crippen LogP contribution is 2.25. The number of anilines is 1. The van der Waals surface area contributed by atoms with E-state index in [-0.39, 0.29) is 6.61 Å². The second-order valence-electron chi connectivity index (χ2n) is 4.84. The number of para-hydroxylation sites is 1. The molecule has 24 heavy (non-hydrogen) atoms. The predicted octanol–water partition coefficient (Wildman–Crippen LogP) is 3.10. The summed E-state index contributed by atoms with van der Waals surface area (Å²) in [5.41, 5.74) is 1.13. The van der Waals surface area contributed by atoms with Crippen molar-refractivity contribution < 1.29 is 19.1 Å². The average molecular weight is 342 g/mol. The van der Waals surface area contributed by atoms with Gasteiger partial charge in [-0.15, -0.1) is 0 Å². The fourth-order valence-corrected chi connectivity index (χ4v) is 2.93. The molecule has 0 aliphatic heterocycles. The number of benzene rings is 2. The third kappa shape index (κ3) is 3.69. The van der Waals surface area contributed by atoms with Crippen LogP contribution in [-0.2, 0) is 9.53 Å². The van der Waals surface area contributed by atoms with Gasteiger partial charge in [0, 0.05) is 0 Å². The lowest BCUT2D eigenvalue weighted by Crippen LogP contribution is -2.20. The molecule has 0 bridgehead atoms. The maximum atomic E-state index is 11.9. The molecule has 0 saturated carbocycles. The van der Waals surface area contributed by atoms with Crippen LogP contribution in [0.1, 0.15) is 10.4 Å². The number of carbonyl (C=O) groups excluding carboxylic acids is 2. The van der Waals surface area contributed by atoms with E-state index in [0.29, 0.717) is 16.4 Å². The lowest BCUT2D eigenvalue weighted by molar-refractivity contribution is -0.119. The number of carbonyl (C=O) groups is 2. The summed E-state index contributed by atoms with van der Waals surface area (Å²) in [7, 11) is 1.51. The second-order valence-corrected chi connectivity index (χ2v) is 5.87. The standard InChI is InChI=1S/C17H14N2O4S/c1-22-12-6-4-5-11(9-12)16(21)23-10-15(20)19-17-18-13-7-2-3-8-14(13)24-17/h2-9H,10H2,1H3,(H,18,19,20). The Morgan fingerprint density at radius 1 is 1.17 bits per heavy atom. The number of esters is 1. The van der Waals surface area contributed by atoms with Crippen LogP contribution in [-0.4, -0.2) is 30.6 Å². The van der Waals surface area contributed by atoms with E-state index < -0.39 is 11.9 Å². The summed E-state index contributed by atoms with van der Waals surface area (Å²) < 4.78 is 11.0. The van der Waals surface area contributed by atoms with Crippen LogP contribution in [0.4, 0.5) is 5.13 Å². The van der Waals surface area contributed by atoms with E-state index >= 15 is 0 Å². The largest absolute Gasteiger partial charge is 0.497 e. The van der Waals surface area contributed by atoms with Gasteiger partial charge in [0.15, 0.2) is 11.7 Å². The maximum Gasteiger partial charge on any atom is 0.338 e. The smallest absolute Gasteiger partial charge is 0.338 e. The van der Waals surface area contributed by atoms with E-state index in [1.54, 1.807) is 24.3 Å². The number of aromatic nitrogens is 1. The van der Waals surface area contributed by atoms with Gasteiger partial charge in [-0.3, -0.25) is 10.1 Å². The zero-order chi connectivity index (χ0) is 16.9. The molecule has 2 aromatic carbocycles. The highest BCUT2D eigenvalue weighted by molar-refractivity contribution is 7.22. The van der Waals surface area contributed by atoms with E-state index in [9.17, 15) is 9.59 Å².